The number of aromatic carboxylic acids is 1. The molecule has 0 atom stereocenters. The van der Waals surface area contributed by atoms with Gasteiger partial charge >= 0.3 is 5.97 Å². The summed E-state index contributed by atoms with van der Waals surface area (Å²) >= 11 is 0. The van der Waals surface area contributed by atoms with Crippen molar-refractivity contribution in [2.45, 2.75) is 25.7 Å². The Bertz CT molecular complexity index is 577. The van der Waals surface area contributed by atoms with Gasteiger partial charge in [0.15, 0.2) is 17.2 Å². The molecule has 1 fully saturated rings. The van der Waals surface area contributed by atoms with Crippen LogP contribution in [0.3, 0.4) is 0 Å². The average Bonchev–Trinajstić information content (AvgIpc) is 2.87. The largest absolute Gasteiger partial charge is 0.477 e. The van der Waals surface area contributed by atoms with Gasteiger partial charge in [-0.3, -0.25) is 0 Å². The standard InChI is InChI=1S/C12H11NO4/c1-6-2-5-8(16-6)10-9(12(14)15)11(17-13-10)7-3-4-7/h2,5,7H,3-4H2,1H3,(H,14,15). The van der Waals surface area contributed by atoms with E-state index in [2.05, 4.69) is 5.16 Å². The summed E-state index contributed by atoms with van der Waals surface area (Å²) in [5.74, 6) is 0.819. The smallest absolute Gasteiger partial charge is 0.341 e. The van der Waals surface area contributed by atoms with E-state index in [0.29, 0.717) is 17.3 Å². The van der Waals surface area contributed by atoms with Crippen LogP contribution in [0, 0.1) is 6.92 Å². The second-order valence-electron chi connectivity index (χ2n) is 4.26. The molecule has 2 heterocycles. The van der Waals surface area contributed by atoms with Gasteiger partial charge in [0.1, 0.15) is 11.3 Å². The molecule has 0 amide bonds. The van der Waals surface area contributed by atoms with Crippen LogP contribution in [-0.2, 0) is 0 Å². The van der Waals surface area contributed by atoms with Crippen LogP contribution in [0.25, 0.3) is 11.5 Å². The van der Waals surface area contributed by atoms with Crippen LogP contribution in [0.4, 0.5) is 0 Å². The summed E-state index contributed by atoms with van der Waals surface area (Å²) in [6.07, 6.45) is 1.93. The highest BCUT2D eigenvalue weighted by Gasteiger charge is 2.35. The van der Waals surface area contributed by atoms with E-state index in [-0.39, 0.29) is 17.2 Å². The fraction of sp³-hybridized carbons (Fsp3) is 0.333. The number of aromatic nitrogens is 1. The van der Waals surface area contributed by atoms with Crippen molar-refractivity contribution in [3.8, 4) is 11.5 Å². The molecule has 5 nitrogen and oxygen atoms in total. The predicted octanol–water partition coefficient (Wildman–Crippen LogP) is 2.82. The normalized spacial score (nSPS) is 15.1. The fourth-order valence-corrected chi connectivity index (χ4v) is 1.86. The third-order valence-corrected chi connectivity index (χ3v) is 2.85. The molecule has 0 saturated heterocycles. The molecule has 0 bridgehead atoms. The lowest BCUT2D eigenvalue weighted by Gasteiger charge is -1.95. The molecule has 5 heteroatoms. The van der Waals surface area contributed by atoms with Gasteiger partial charge in [-0.1, -0.05) is 5.16 Å². The second-order valence-corrected chi connectivity index (χ2v) is 4.26. The van der Waals surface area contributed by atoms with Crippen molar-refractivity contribution in [3.05, 3.63) is 29.2 Å². The van der Waals surface area contributed by atoms with Crippen LogP contribution >= 0.6 is 0 Å². The lowest BCUT2D eigenvalue weighted by molar-refractivity contribution is 0.0695. The van der Waals surface area contributed by atoms with Gasteiger partial charge in [-0.25, -0.2) is 4.79 Å². The summed E-state index contributed by atoms with van der Waals surface area (Å²) < 4.78 is 10.5. The van der Waals surface area contributed by atoms with E-state index in [1.807, 2.05) is 0 Å². The van der Waals surface area contributed by atoms with Gasteiger partial charge in [-0.2, -0.15) is 0 Å². The SMILES string of the molecule is Cc1ccc(-c2noc(C3CC3)c2C(=O)O)o1. The van der Waals surface area contributed by atoms with Gasteiger partial charge in [-0.15, -0.1) is 0 Å². The van der Waals surface area contributed by atoms with Crippen molar-refractivity contribution in [1.82, 2.24) is 5.16 Å². The summed E-state index contributed by atoms with van der Waals surface area (Å²) in [7, 11) is 0. The summed E-state index contributed by atoms with van der Waals surface area (Å²) in [4.78, 5) is 11.3. The third-order valence-electron chi connectivity index (χ3n) is 2.85. The Morgan fingerprint density at radius 1 is 1.47 bits per heavy atom. The molecule has 88 valence electrons. The van der Waals surface area contributed by atoms with E-state index in [4.69, 9.17) is 8.94 Å². The van der Waals surface area contributed by atoms with E-state index < -0.39 is 5.97 Å². The van der Waals surface area contributed by atoms with Crippen molar-refractivity contribution in [3.63, 3.8) is 0 Å². The molecule has 0 aliphatic heterocycles. The zero-order chi connectivity index (χ0) is 12.0. The minimum Gasteiger partial charge on any atom is -0.477 e. The lowest BCUT2D eigenvalue weighted by Crippen LogP contribution is -2.00. The first-order valence-electron chi connectivity index (χ1n) is 5.46. The topological polar surface area (TPSA) is 76.5 Å². The fourth-order valence-electron chi connectivity index (χ4n) is 1.86. The molecular weight excluding hydrogens is 222 g/mol. The number of hydrogen-bond donors (Lipinski definition) is 1. The van der Waals surface area contributed by atoms with Gasteiger partial charge < -0.3 is 14.0 Å². The molecule has 2 aromatic heterocycles. The lowest BCUT2D eigenvalue weighted by atomic mass is 10.1. The number of furan rings is 1. The van der Waals surface area contributed by atoms with Gasteiger partial charge in [0, 0.05) is 5.92 Å². The Morgan fingerprint density at radius 3 is 2.76 bits per heavy atom. The van der Waals surface area contributed by atoms with Crippen LogP contribution in [0.5, 0.6) is 0 Å². The summed E-state index contributed by atoms with van der Waals surface area (Å²) in [5.41, 5.74) is 0.425. The van der Waals surface area contributed by atoms with Crippen molar-refractivity contribution in [2.24, 2.45) is 0 Å². The van der Waals surface area contributed by atoms with Crippen molar-refractivity contribution in [2.75, 3.05) is 0 Å². The maximum atomic E-state index is 11.3. The number of carboxylic acids is 1. The Hall–Kier alpha value is -2.04. The van der Waals surface area contributed by atoms with Crippen LogP contribution in [0.2, 0.25) is 0 Å². The van der Waals surface area contributed by atoms with Crippen LogP contribution < -0.4 is 0 Å². The molecule has 0 radical (unpaired) electrons. The molecule has 1 aliphatic rings. The summed E-state index contributed by atoms with van der Waals surface area (Å²) in [6.45, 7) is 1.80. The zero-order valence-corrected chi connectivity index (χ0v) is 9.27. The maximum absolute atomic E-state index is 11.3. The van der Waals surface area contributed by atoms with Gasteiger partial charge in [-0.05, 0) is 31.9 Å². The van der Waals surface area contributed by atoms with Gasteiger partial charge in [0.05, 0.1) is 0 Å². The van der Waals surface area contributed by atoms with Gasteiger partial charge in [0.25, 0.3) is 0 Å². The monoisotopic (exact) mass is 233 g/mol. The number of nitrogens with zero attached hydrogens (tertiary/aromatic N) is 1. The molecular formula is C12H11NO4. The second kappa shape index (κ2) is 3.48. The third kappa shape index (κ3) is 1.63. The Labute approximate surface area is 97.0 Å². The Kier molecular flexibility index (Phi) is 2.07. The van der Waals surface area contributed by atoms with Crippen molar-refractivity contribution >= 4 is 5.97 Å². The van der Waals surface area contributed by atoms with E-state index >= 15 is 0 Å². The predicted molar refractivity (Wildman–Crippen MR) is 57.9 cm³/mol. The van der Waals surface area contributed by atoms with Gasteiger partial charge in [0.2, 0.25) is 0 Å². The highest BCUT2D eigenvalue weighted by atomic mass is 16.5. The van der Waals surface area contributed by atoms with E-state index in [0.717, 1.165) is 12.8 Å². The molecule has 3 rings (SSSR count). The average molecular weight is 233 g/mol. The highest BCUT2D eigenvalue weighted by molar-refractivity contribution is 5.95. The van der Waals surface area contributed by atoms with E-state index in [1.54, 1.807) is 19.1 Å². The van der Waals surface area contributed by atoms with E-state index in [1.165, 1.54) is 0 Å². The number of rotatable bonds is 3. The minimum atomic E-state index is -1.02. The molecule has 0 spiro atoms. The molecule has 0 aromatic carbocycles. The van der Waals surface area contributed by atoms with Crippen molar-refractivity contribution < 1.29 is 18.8 Å². The van der Waals surface area contributed by atoms with Crippen molar-refractivity contribution in [1.29, 1.82) is 0 Å². The number of carbonyl (C=O) groups is 1. The first kappa shape index (κ1) is 10.1. The molecule has 1 saturated carbocycles. The molecule has 2 aromatic rings. The number of hydrogen-bond acceptors (Lipinski definition) is 4. The molecule has 1 N–H and O–H groups in total. The number of aryl methyl sites for hydroxylation is 1. The number of carboxylic acid groups (broad SMARTS) is 1. The highest BCUT2D eigenvalue weighted by Crippen LogP contribution is 2.44. The van der Waals surface area contributed by atoms with Crippen LogP contribution in [-0.4, -0.2) is 16.2 Å². The molecule has 17 heavy (non-hydrogen) atoms. The first-order valence-corrected chi connectivity index (χ1v) is 5.46. The Morgan fingerprint density at radius 2 is 2.24 bits per heavy atom. The maximum Gasteiger partial charge on any atom is 0.341 e. The summed E-state index contributed by atoms with van der Waals surface area (Å²) in [6, 6.07) is 3.47. The van der Waals surface area contributed by atoms with Crippen LogP contribution in [0.1, 0.15) is 40.6 Å². The quantitative estimate of drug-likeness (QED) is 0.881. The Balaban J connectivity index is 2.13. The first-order chi connectivity index (χ1) is 8.16. The van der Waals surface area contributed by atoms with Crippen LogP contribution in [0.15, 0.2) is 21.1 Å². The molecule has 0 unspecified atom stereocenters. The summed E-state index contributed by atoms with van der Waals surface area (Å²) in [5, 5.41) is 13.1. The molecule has 1 aliphatic carbocycles. The van der Waals surface area contributed by atoms with E-state index in [9.17, 15) is 9.90 Å². The zero-order valence-electron chi connectivity index (χ0n) is 9.27. The minimum absolute atomic E-state index is 0.141.